The molecule has 2 aromatic carbocycles. The number of carbonyl (C=O) groups excluding carboxylic acids is 1. The van der Waals surface area contributed by atoms with E-state index < -0.39 is 0 Å². The standard InChI is InChI=1S/C31H26N4O2/c1-2-29(36)35-26-9-5-8-24(20-26)28-10-6-7-23(19-25-16-18-32-21-34-31(25)28)22-12-14-27(15-13-22)37-30-11-3-4-17-33-30/h2-5,8-17,19-21H,1,6-7,18H2,(H,35,36)/b23-19+,28-10+. The van der Waals surface area contributed by atoms with E-state index in [0.717, 1.165) is 46.6 Å². The van der Waals surface area contributed by atoms with E-state index in [0.29, 0.717) is 18.1 Å². The van der Waals surface area contributed by atoms with Crippen LogP contribution in [-0.2, 0) is 4.79 Å². The van der Waals surface area contributed by atoms with Crippen molar-refractivity contribution >= 4 is 34.8 Å². The Bertz CT molecular complexity index is 1460. The number of aliphatic imine (C=N–C) groups is 2. The van der Waals surface area contributed by atoms with Crippen LogP contribution >= 0.6 is 0 Å². The van der Waals surface area contributed by atoms with Crippen LogP contribution in [0.2, 0.25) is 0 Å². The molecule has 6 heteroatoms. The van der Waals surface area contributed by atoms with Crippen molar-refractivity contribution in [3.8, 4) is 11.6 Å². The number of hydrogen-bond acceptors (Lipinski definition) is 5. The second kappa shape index (κ2) is 11.3. The average molecular weight is 487 g/mol. The lowest BCUT2D eigenvalue weighted by Gasteiger charge is -2.18. The zero-order valence-corrected chi connectivity index (χ0v) is 20.3. The lowest BCUT2D eigenvalue weighted by Crippen LogP contribution is -2.10. The quantitative estimate of drug-likeness (QED) is 0.396. The highest BCUT2D eigenvalue weighted by Gasteiger charge is 2.18. The Kier molecular flexibility index (Phi) is 7.27. The Morgan fingerprint density at radius 1 is 1.00 bits per heavy atom. The number of anilines is 1. The molecule has 182 valence electrons. The lowest BCUT2D eigenvalue weighted by molar-refractivity contribution is -0.111. The van der Waals surface area contributed by atoms with Gasteiger partial charge >= 0.3 is 0 Å². The van der Waals surface area contributed by atoms with Crippen molar-refractivity contribution in [2.75, 3.05) is 11.9 Å². The molecule has 0 spiro atoms. The number of allylic oxidation sites excluding steroid dienone is 5. The number of pyridine rings is 1. The van der Waals surface area contributed by atoms with E-state index in [1.807, 2.05) is 54.6 Å². The number of amides is 1. The zero-order chi connectivity index (χ0) is 25.5. The summed E-state index contributed by atoms with van der Waals surface area (Å²) >= 11 is 0. The fourth-order valence-corrected chi connectivity index (χ4v) is 4.25. The van der Waals surface area contributed by atoms with Crippen molar-refractivity contribution in [2.45, 2.75) is 12.8 Å². The molecule has 1 amide bonds. The predicted molar refractivity (Wildman–Crippen MR) is 150 cm³/mol. The number of nitrogens with zero attached hydrogens (tertiary/aromatic N) is 3. The highest BCUT2D eigenvalue weighted by Crippen LogP contribution is 2.32. The number of nitrogens with one attached hydrogen (secondary N) is 1. The second-order valence-electron chi connectivity index (χ2n) is 8.51. The average Bonchev–Trinajstić information content (AvgIpc) is 3.15. The third-order valence-electron chi connectivity index (χ3n) is 6.02. The first-order chi connectivity index (χ1) is 18.2. The van der Waals surface area contributed by atoms with Crippen molar-refractivity contribution in [3.63, 3.8) is 0 Å². The third-order valence-corrected chi connectivity index (χ3v) is 6.02. The monoisotopic (exact) mass is 486 g/mol. The Labute approximate surface area is 216 Å². The number of benzene rings is 2. The largest absolute Gasteiger partial charge is 0.439 e. The Hall–Kier alpha value is -4.84. The molecule has 5 rings (SSSR count). The van der Waals surface area contributed by atoms with Crippen LogP contribution in [0.4, 0.5) is 5.69 Å². The van der Waals surface area contributed by atoms with Gasteiger partial charge in [0, 0.05) is 23.5 Å². The minimum Gasteiger partial charge on any atom is -0.439 e. The minimum absolute atomic E-state index is 0.243. The summed E-state index contributed by atoms with van der Waals surface area (Å²) in [7, 11) is 0. The highest BCUT2D eigenvalue weighted by atomic mass is 16.5. The van der Waals surface area contributed by atoms with Gasteiger partial charge < -0.3 is 10.1 Å². The van der Waals surface area contributed by atoms with Gasteiger partial charge in [-0.1, -0.05) is 49.1 Å². The molecule has 0 unspecified atom stereocenters. The van der Waals surface area contributed by atoms with E-state index in [4.69, 9.17) is 9.73 Å². The molecule has 1 aliphatic heterocycles. The fraction of sp³-hybridized carbons (Fsp3) is 0.0968. The van der Waals surface area contributed by atoms with Crippen molar-refractivity contribution in [3.05, 3.63) is 121 Å². The summed E-state index contributed by atoms with van der Waals surface area (Å²) in [5.74, 6) is 1.06. The van der Waals surface area contributed by atoms with Gasteiger partial charge in [-0.2, -0.15) is 0 Å². The van der Waals surface area contributed by atoms with Crippen molar-refractivity contribution < 1.29 is 9.53 Å². The zero-order valence-electron chi connectivity index (χ0n) is 20.3. The predicted octanol–water partition coefficient (Wildman–Crippen LogP) is 6.67. The van der Waals surface area contributed by atoms with Gasteiger partial charge in [0.1, 0.15) is 12.1 Å². The summed E-state index contributed by atoms with van der Waals surface area (Å²) in [6.45, 7) is 4.09. The third kappa shape index (κ3) is 5.87. The first-order valence-electron chi connectivity index (χ1n) is 12.1. The summed E-state index contributed by atoms with van der Waals surface area (Å²) < 4.78 is 5.85. The van der Waals surface area contributed by atoms with Crippen LogP contribution in [0.3, 0.4) is 0 Å². The number of hydrogen-bond donors (Lipinski definition) is 1. The van der Waals surface area contributed by atoms with Gasteiger partial charge in [0.15, 0.2) is 0 Å². The minimum atomic E-state index is -0.243. The Morgan fingerprint density at radius 3 is 2.70 bits per heavy atom. The van der Waals surface area contributed by atoms with Crippen LogP contribution in [0.25, 0.3) is 11.1 Å². The molecule has 0 fully saturated rings. The Balaban J connectivity index is 1.43. The molecule has 3 aromatic rings. The van der Waals surface area contributed by atoms with E-state index in [2.05, 4.69) is 52.2 Å². The molecule has 2 heterocycles. The van der Waals surface area contributed by atoms with Crippen LogP contribution < -0.4 is 10.1 Å². The van der Waals surface area contributed by atoms with Gasteiger partial charge in [0.25, 0.3) is 0 Å². The highest BCUT2D eigenvalue weighted by molar-refractivity contribution is 6.34. The molecule has 1 aromatic heterocycles. The normalized spacial score (nSPS) is 17.7. The van der Waals surface area contributed by atoms with Crippen LogP contribution in [0.15, 0.2) is 119 Å². The maximum atomic E-state index is 11.8. The molecule has 0 saturated heterocycles. The molecular formula is C31H26N4O2. The molecule has 0 atom stereocenters. The van der Waals surface area contributed by atoms with Crippen LogP contribution in [-0.4, -0.2) is 29.5 Å². The molecule has 0 bridgehead atoms. The molecule has 0 radical (unpaired) electrons. The van der Waals surface area contributed by atoms with E-state index in [1.54, 1.807) is 12.5 Å². The number of fused-ring (bicyclic) bond motifs is 1. The lowest BCUT2D eigenvalue weighted by atomic mass is 9.88. The fourth-order valence-electron chi connectivity index (χ4n) is 4.25. The number of aromatic nitrogens is 1. The van der Waals surface area contributed by atoms with Crippen LogP contribution in [0.1, 0.15) is 24.0 Å². The smallest absolute Gasteiger partial charge is 0.247 e. The van der Waals surface area contributed by atoms with E-state index in [9.17, 15) is 4.79 Å². The van der Waals surface area contributed by atoms with E-state index in [-0.39, 0.29) is 5.91 Å². The summed E-state index contributed by atoms with van der Waals surface area (Å²) in [6.07, 6.45) is 12.8. The van der Waals surface area contributed by atoms with Gasteiger partial charge in [0.2, 0.25) is 11.8 Å². The summed E-state index contributed by atoms with van der Waals surface area (Å²) in [6, 6.07) is 21.5. The molecule has 37 heavy (non-hydrogen) atoms. The molecule has 6 nitrogen and oxygen atoms in total. The van der Waals surface area contributed by atoms with Crippen molar-refractivity contribution in [1.29, 1.82) is 0 Å². The SMILES string of the molecule is C=CC(=O)Nc1cccc(/C2=C\CC/C(c3ccc(Oc4ccccn4)cc3)=C\C3=CCN=CN=C32)c1. The number of rotatable bonds is 6. The Morgan fingerprint density at radius 2 is 1.89 bits per heavy atom. The van der Waals surface area contributed by atoms with Gasteiger partial charge in [0.05, 0.1) is 12.3 Å². The first-order valence-corrected chi connectivity index (χ1v) is 12.1. The van der Waals surface area contributed by atoms with Crippen molar-refractivity contribution in [1.82, 2.24) is 4.98 Å². The first kappa shape index (κ1) is 23.9. The van der Waals surface area contributed by atoms with E-state index >= 15 is 0 Å². The molecule has 0 saturated carbocycles. The summed E-state index contributed by atoms with van der Waals surface area (Å²) in [4.78, 5) is 25.1. The summed E-state index contributed by atoms with van der Waals surface area (Å²) in [5, 5.41) is 2.84. The molecule has 2 aliphatic rings. The van der Waals surface area contributed by atoms with Crippen LogP contribution in [0.5, 0.6) is 11.6 Å². The molecule has 1 N–H and O–H groups in total. The topological polar surface area (TPSA) is 75.9 Å². The van der Waals surface area contributed by atoms with E-state index in [1.165, 1.54) is 11.6 Å². The van der Waals surface area contributed by atoms with Gasteiger partial charge in [-0.05, 0) is 77.6 Å². The van der Waals surface area contributed by atoms with Crippen molar-refractivity contribution in [2.24, 2.45) is 9.98 Å². The maximum absolute atomic E-state index is 11.8. The second-order valence-corrected chi connectivity index (χ2v) is 8.51. The van der Waals surface area contributed by atoms with Gasteiger partial charge in [-0.15, -0.1) is 0 Å². The van der Waals surface area contributed by atoms with Gasteiger partial charge in [-0.3, -0.25) is 9.79 Å². The molecular weight excluding hydrogens is 460 g/mol. The number of carbonyl (C=O) groups is 1. The molecule has 1 aliphatic carbocycles. The summed E-state index contributed by atoms with van der Waals surface area (Å²) in [5.41, 5.74) is 6.94. The maximum Gasteiger partial charge on any atom is 0.247 e. The van der Waals surface area contributed by atoms with Crippen LogP contribution in [0, 0.1) is 0 Å². The van der Waals surface area contributed by atoms with Gasteiger partial charge in [-0.25, -0.2) is 9.98 Å². The number of ether oxygens (including phenoxy) is 1.